The van der Waals surface area contributed by atoms with Gasteiger partial charge in [-0.2, -0.15) is 11.3 Å². The monoisotopic (exact) mass is 294 g/mol. The van der Waals surface area contributed by atoms with E-state index >= 15 is 0 Å². The number of nitrogens with zero attached hydrogens (tertiary/aromatic N) is 2. The minimum absolute atomic E-state index is 0.00414. The van der Waals surface area contributed by atoms with E-state index in [0.717, 1.165) is 30.0 Å². The molecule has 0 saturated carbocycles. The molecule has 0 spiro atoms. The molecule has 4 nitrogen and oxygen atoms in total. The molecule has 100 valence electrons. The van der Waals surface area contributed by atoms with Gasteiger partial charge >= 0.3 is 0 Å². The molecule has 1 amide bonds. The van der Waals surface area contributed by atoms with E-state index in [4.69, 9.17) is 0 Å². The van der Waals surface area contributed by atoms with Crippen molar-refractivity contribution in [3.63, 3.8) is 0 Å². The van der Waals surface area contributed by atoms with Gasteiger partial charge < -0.3 is 10.0 Å². The highest BCUT2D eigenvalue weighted by atomic mass is 32.1. The van der Waals surface area contributed by atoms with Gasteiger partial charge in [-0.3, -0.25) is 4.79 Å². The van der Waals surface area contributed by atoms with Gasteiger partial charge in [0, 0.05) is 17.5 Å². The molecule has 19 heavy (non-hydrogen) atoms. The first-order valence-electron chi connectivity index (χ1n) is 6.20. The van der Waals surface area contributed by atoms with Gasteiger partial charge in [0.1, 0.15) is 9.88 Å². The molecule has 0 radical (unpaired) electrons. The van der Waals surface area contributed by atoms with Gasteiger partial charge in [0.15, 0.2) is 0 Å². The highest BCUT2D eigenvalue weighted by Crippen LogP contribution is 2.29. The minimum Gasteiger partial charge on any atom is -0.394 e. The lowest BCUT2D eigenvalue weighted by atomic mass is 10.2. The molecule has 2 aromatic rings. The number of thiophene rings is 1. The largest absolute Gasteiger partial charge is 0.394 e. The third-order valence-electron chi connectivity index (χ3n) is 3.33. The van der Waals surface area contributed by atoms with Gasteiger partial charge in [-0.05, 0) is 24.3 Å². The molecule has 1 atom stereocenters. The number of aliphatic hydroxyl groups excluding tert-OH is 1. The quantitative estimate of drug-likeness (QED) is 0.946. The molecule has 1 N–H and O–H groups in total. The van der Waals surface area contributed by atoms with Gasteiger partial charge in [-0.1, -0.05) is 0 Å². The van der Waals surface area contributed by atoms with E-state index in [-0.39, 0.29) is 18.6 Å². The zero-order valence-electron chi connectivity index (χ0n) is 10.3. The number of carbonyl (C=O) groups is 1. The first-order valence-corrected chi connectivity index (χ1v) is 7.96. The van der Waals surface area contributed by atoms with E-state index in [1.54, 1.807) is 22.4 Å². The van der Waals surface area contributed by atoms with Crippen LogP contribution in [0.25, 0.3) is 10.6 Å². The topological polar surface area (TPSA) is 53.4 Å². The van der Waals surface area contributed by atoms with E-state index in [1.165, 1.54) is 11.3 Å². The Hall–Kier alpha value is -1.24. The van der Waals surface area contributed by atoms with Crippen LogP contribution in [-0.2, 0) is 0 Å². The summed E-state index contributed by atoms with van der Waals surface area (Å²) in [4.78, 5) is 19.1. The fraction of sp³-hybridized carbons (Fsp3) is 0.385. The van der Waals surface area contributed by atoms with Crippen molar-refractivity contribution < 1.29 is 9.90 Å². The average Bonchev–Trinajstić information content (AvgIpc) is 3.16. The lowest BCUT2D eigenvalue weighted by molar-refractivity contribution is 0.0682. The van der Waals surface area contributed by atoms with Crippen LogP contribution in [-0.4, -0.2) is 40.1 Å². The number of hydrogen-bond donors (Lipinski definition) is 1. The lowest BCUT2D eigenvalue weighted by Crippen LogP contribution is -2.37. The van der Waals surface area contributed by atoms with Crippen LogP contribution in [0.15, 0.2) is 23.0 Å². The van der Waals surface area contributed by atoms with Crippen molar-refractivity contribution in [3.8, 4) is 10.6 Å². The Morgan fingerprint density at radius 3 is 3.21 bits per heavy atom. The normalized spacial score (nSPS) is 19.0. The Balaban J connectivity index is 1.81. The van der Waals surface area contributed by atoms with Crippen molar-refractivity contribution >= 4 is 28.6 Å². The molecule has 1 fully saturated rings. The molecule has 1 aliphatic rings. The Labute approximate surface area is 119 Å². The summed E-state index contributed by atoms with van der Waals surface area (Å²) in [6.07, 6.45) is 3.50. The van der Waals surface area contributed by atoms with Gasteiger partial charge in [-0.25, -0.2) is 4.98 Å². The molecule has 0 unspecified atom stereocenters. The highest BCUT2D eigenvalue weighted by Gasteiger charge is 2.29. The summed E-state index contributed by atoms with van der Waals surface area (Å²) in [5.41, 5.74) is 1.06. The van der Waals surface area contributed by atoms with Gasteiger partial charge in [0.25, 0.3) is 5.91 Å². The van der Waals surface area contributed by atoms with Crippen molar-refractivity contribution in [3.05, 3.63) is 27.9 Å². The minimum atomic E-state index is -0.0285. The number of rotatable bonds is 3. The Morgan fingerprint density at radius 2 is 2.47 bits per heavy atom. The van der Waals surface area contributed by atoms with E-state index in [9.17, 15) is 9.90 Å². The Bertz CT molecular complexity index is 565. The van der Waals surface area contributed by atoms with Crippen LogP contribution in [0.3, 0.4) is 0 Å². The zero-order chi connectivity index (χ0) is 13.2. The molecule has 0 bridgehead atoms. The molecule has 3 rings (SSSR count). The molecular formula is C13H14N2O2S2. The fourth-order valence-corrected chi connectivity index (χ4v) is 3.91. The summed E-state index contributed by atoms with van der Waals surface area (Å²) in [6, 6.07) is 1.98. The number of likely N-dealkylation sites (tertiary alicyclic amines) is 1. The van der Waals surface area contributed by atoms with Crippen molar-refractivity contribution in [1.29, 1.82) is 0 Å². The van der Waals surface area contributed by atoms with Crippen LogP contribution in [0.1, 0.15) is 22.5 Å². The van der Waals surface area contributed by atoms with Gasteiger partial charge in [0.2, 0.25) is 0 Å². The van der Waals surface area contributed by atoms with Crippen LogP contribution in [0, 0.1) is 0 Å². The predicted octanol–water partition coefficient (Wildman–Crippen LogP) is 2.47. The molecule has 0 aliphatic carbocycles. The number of carbonyl (C=O) groups excluding carboxylic acids is 1. The second-order valence-electron chi connectivity index (χ2n) is 4.52. The first-order chi connectivity index (χ1) is 9.29. The predicted molar refractivity (Wildman–Crippen MR) is 76.6 cm³/mol. The van der Waals surface area contributed by atoms with E-state index in [1.807, 2.05) is 16.8 Å². The molecular weight excluding hydrogens is 280 g/mol. The number of thiazole rings is 1. The first kappa shape index (κ1) is 12.8. The summed E-state index contributed by atoms with van der Waals surface area (Å²) in [7, 11) is 0. The maximum absolute atomic E-state index is 12.4. The summed E-state index contributed by atoms with van der Waals surface area (Å²) in [5, 5.41) is 14.2. The third kappa shape index (κ3) is 2.43. The highest BCUT2D eigenvalue weighted by molar-refractivity contribution is 7.17. The van der Waals surface area contributed by atoms with E-state index in [0.29, 0.717) is 4.88 Å². The van der Waals surface area contributed by atoms with E-state index in [2.05, 4.69) is 4.98 Å². The molecule has 6 heteroatoms. The van der Waals surface area contributed by atoms with Gasteiger partial charge in [0.05, 0.1) is 18.8 Å². The summed E-state index contributed by atoms with van der Waals surface area (Å²) in [6.45, 7) is 0.775. The Kier molecular flexibility index (Phi) is 3.63. The maximum atomic E-state index is 12.4. The van der Waals surface area contributed by atoms with Gasteiger partial charge in [-0.15, -0.1) is 11.3 Å². The van der Waals surface area contributed by atoms with Crippen LogP contribution in [0.4, 0.5) is 0 Å². The third-order valence-corrected chi connectivity index (χ3v) is 5.05. The molecule has 0 aromatic carbocycles. The number of aromatic nitrogens is 1. The molecule has 1 aliphatic heterocycles. The fourth-order valence-electron chi connectivity index (χ4n) is 2.33. The maximum Gasteiger partial charge on any atom is 0.265 e. The molecule has 1 saturated heterocycles. The summed E-state index contributed by atoms with van der Waals surface area (Å²) in [5.74, 6) is -0.00414. The Morgan fingerprint density at radius 1 is 1.58 bits per heavy atom. The number of hydrogen-bond acceptors (Lipinski definition) is 5. The lowest BCUT2D eigenvalue weighted by Gasteiger charge is -2.21. The summed E-state index contributed by atoms with van der Waals surface area (Å²) < 4.78 is 0. The van der Waals surface area contributed by atoms with Crippen LogP contribution < -0.4 is 0 Å². The SMILES string of the molecule is O=C(c1cnc(-c2ccsc2)s1)N1CCC[C@@H]1CO. The number of aliphatic hydroxyl groups is 1. The van der Waals surface area contributed by atoms with Crippen molar-refractivity contribution in [2.24, 2.45) is 0 Å². The second kappa shape index (κ2) is 5.40. The van der Waals surface area contributed by atoms with Crippen molar-refractivity contribution in [2.45, 2.75) is 18.9 Å². The molecule has 2 aromatic heterocycles. The van der Waals surface area contributed by atoms with Crippen LogP contribution in [0.2, 0.25) is 0 Å². The van der Waals surface area contributed by atoms with Crippen LogP contribution >= 0.6 is 22.7 Å². The smallest absolute Gasteiger partial charge is 0.265 e. The van der Waals surface area contributed by atoms with E-state index < -0.39 is 0 Å². The number of amides is 1. The van der Waals surface area contributed by atoms with Crippen molar-refractivity contribution in [2.75, 3.05) is 13.2 Å². The standard InChI is InChI=1S/C13H14N2O2S2/c16-7-10-2-1-4-15(10)13(17)11-6-14-12(19-11)9-3-5-18-8-9/h3,5-6,8,10,16H,1-2,4,7H2/t10-/m1/s1. The van der Waals surface area contributed by atoms with Crippen molar-refractivity contribution in [1.82, 2.24) is 9.88 Å². The summed E-state index contributed by atoms with van der Waals surface area (Å²) >= 11 is 3.04. The zero-order valence-corrected chi connectivity index (χ0v) is 11.9. The van der Waals surface area contributed by atoms with Crippen LogP contribution in [0.5, 0.6) is 0 Å². The second-order valence-corrected chi connectivity index (χ2v) is 6.33. The average molecular weight is 294 g/mol. The molecule has 3 heterocycles.